The zero-order valence-corrected chi connectivity index (χ0v) is 7.15. The Bertz CT molecular complexity index is 138. The molecule has 1 aliphatic rings. The van der Waals surface area contributed by atoms with Gasteiger partial charge in [-0.25, -0.2) is 0 Å². The number of rotatable bonds is 3. The molecule has 1 aliphatic carbocycles. The molecule has 1 heteroatoms. The Balaban J connectivity index is 2.23. The lowest BCUT2D eigenvalue weighted by molar-refractivity contribution is 0.521. The first kappa shape index (κ1) is 7.80. The maximum Gasteiger partial charge on any atom is 0.0221 e. The summed E-state index contributed by atoms with van der Waals surface area (Å²) < 4.78 is 0. The smallest absolute Gasteiger partial charge is 0.0221 e. The van der Waals surface area contributed by atoms with Crippen molar-refractivity contribution in [2.75, 3.05) is 0 Å². The van der Waals surface area contributed by atoms with Gasteiger partial charge in [0.15, 0.2) is 0 Å². The molecule has 0 amide bonds. The molecule has 1 rings (SSSR count). The Morgan fingerprint density at radius 3 is 2.50 bits per heavy atom. The zero-order valence-electron chi connectivity index (χ0n) is 7.15. The van der Waals surface area contributed by atoms with Gasteiger partial charge in [-0.05, 0) is 18.8 Å². The fraction of sp³-hybridized carbons (Fsp3) is 0.778. The highest BCUT2D eigenvalue weighted by Crippen LogP contribution is 2.44. The van der Waals surface area contributed by atoms with Crippen molar-refractivity contribution in [3.63, 3.8) is 0 Å². The van der Waals surface area contributed by atoms with Gasteiger partial charge in [0, 0.05) is 12.1 Å². The average Bonchev–Trinajstić information content (AvgIpc) is 2.40. The van der Waals surface area contributed by atoms with Crippen LogP contribution in [0.3, 0.4) is 0 Å². The van der Waals surface area contributed by atoms with E-state index in [1.807, 2.05) is 6.08 Å². The van der Waals surface area contributed by atoms with Crippen LogP contribution in [0.15, 0.2) is 12.7 Å². The highest BCUT2D eigenvalue weighted by molar-refractivity contribution is 5.03. The van der Waals surface area contributed by atoms with Crippen molar-refractivity contribution < 1.29 is 0 Å². The summed E-state index contributed by atoms with van der Waals surface area (Å²) in [5.74, 6) is 0. The van der Waals surface area contributed by atoms with Crippen LogP contribution in [0, 0.1) is 5.41 Å². The van der Waals surface area contributed by atoms with E-state index in [0.717, 1.165) is 6.04 Å². The molecule has 0 aromatic carbocycles. The second kappa shape index (κ2) is 2.39. The van der Waals surface area contributed by atoms with Crippen molar-refractivity contribution in [3.8, 4) is 0 Å². The van der Waals surface area contributed by atoms with Crippen LogP contribution in [0.1, 0.15) is 27.2 Å². The fourth-order valence-corrected chi connectivity index (χ4v) is 1.14. The molecule has 1 fully saturated rings. The van der Waals surface area contributed by atoms with Crippen LogP contribution in [0.2, 0.25) is 0 Å². The molecule has 0 heterocycles. The molecule has 0 aromatic heterocycles. The molecule has 0 spiro atoms. The summed E-state index contributed by atoms with van der Waals surface area (Å²) in [6, 6.07) is 1.19. The van der Waals surface area contributed by atoms with Crippen LogP contribution in [0.5, 0.6) is 0 Å². The van der Waals surface area contributed by atoms with Gasteiger partial charge in [0.2, 0.25) is 0 Å². The minimum atomic E-state index is 0.465. The van der Waals surface area contributed by atoms with Gasteiger partial charge in [-0.2, -0.15) is 0 Å². The summed E-state index contributed by atoms with van der Waals surface area (Å²) in [6.07, 6.45) is 3.26. The van der Waals surface area contributed by atoms with E-state index in [0.29, 0.717) is 11.5 Å². The van der Waals surface area contributed by atoms with Crippen molar-refractivity contribution in [1.29, 1.82) is 0 Å². The highest BCUT2D eigenvalue weighted by Gasteiger charge is 2.45. The SMILES string of the molecule is C=CC(C)NC1CC1(C)C. The molecule has 10 heavy (non-hydrogen) atoms. The molecule has 0 aliphatic heterocycles. The molecule has 1 nitrogen and oxygen atoms in total. The first-order valence-corrected chi connectivity index (χ1v) is 3.95. The van der Waals surface area contributed by atoms with Gasteiger partial charge in [-0.15, -0.1) is 6.58 Å². The Hall–Kier alpha value is -0.300. The maximum absolute atomic E-state index is 3.73. The molecule has 2 unspecified atom stereocenters. The topological polar surface area (TPSA) is 12.0 Å². The van der Waals surface area contributed by atoms with Crippen LogP contribution >= 0.6 is 0 Å². The van der Waals surface area contributed by atoms with Gasteiger partial charge >= 0.3 is 0 Å². The van der Waals surface area contributed by atoms with Gasteiger partial charge in [0.1, 0.15) is 0 Å². The van der Waals surface area contributed by atoms with E-state index < -0.39 is 0 Å². The van der Waals surface area contributed by atoms with Crippen LogP contribution in [0.4, 0.5) is 0 Å². The number of nitrogens with one attached hydrogen (secondary N) is 1. The second-order valence-electron chi connectivity index (χ2n) is 3.94. The van der Waals surface area contributed by atoms with E-state index >= 15 is 0 Å². The largest absolute Gasteiger partial charge is 0.308 e. The lowest BCUT2D eigenvalue weighted by atomic mass is 10.2. The minimum Gasteiger partial charge on any atom is -0.308 e. The van der Waals surface area contributed by atoms with Gasteiger partial charge < -0.3 is 5.32 Å². The Morgan fingerprint density at radius 2 is 2.20 bits per heavy atom. The van der Waals surface area contributed by atoms with E-state index in [9.17, 15) is 0 Å². The van der Waals surface area contributed by atoms with E-state index in [1.165, 1.54) is 6.42 Å². The number of hydrogen-bond acceptors (Lipinski definition) is 1. The van der Waals surface area contributed by atoms with Crippen LogP contribution in [-0.2, 0) is 0 Å². The third-order valence-electron chi connectivity index (χ3n) is 2.33. The predicted octanol–water partition coefficient (Wildman–Crippen LogP) is 1.95. The molecule has 0 bridgehead atoms. The van der Waals surface area contributed by atoms with Crippen molar-refractivity contribution in [1.82, 2.24) is 5.32 Å². The van der Waals surface area contributed by atoms with Crippen molar-refractivity contribution >= 4 is 0 Å². The first-order chi connectivity index (χ1) is 4.56. The van der Waals surface area contributed by atoms with Crippen molar-refractivity contribution in [3.05, 3.63) is 12.7 Å². The summed E-state index contributed by atoms with van der Waals surface area (Å²) in [6.45, 7) is 10.5. The lowest BCUT2D eigenvalue weighted by Gasteiger charge is -2.09. The van der Waals surface area contributed by atoms with Crippen LogP contribution in [0.25, 0.3) is 0 Å². The summed E-state index contributed by atoms with van der Waals surface area (Å²) in [5, 5.41) is 3.48. The van der Waals surface area contributed by atoms with Crippen molar-refractivity contribution in [2.24, 2.45) is 5.41 Å². The molecule has 2 atom stereocenters. The van der Waals surface area contributed by atoms with E-state index in [-0.39, 0.29) is 0 Å². The van der Waals surface area contributed by atoms with E-state index in [2.05, 4.69) is 32.7 Å². The predicted molar refractivity (Wildman–Crippen MR) is 45.0 cm³/mol. The summed E-state index contributed by atoms with van der Waals surface area (Å²) >= 11 is 0. The number of hydrogen-bond donors (Lipinski definition) is 1. The maximum atomic E-state index is 3.73. The summed E-state index contributed by atoms with van der Waals surface area (Å²) in [7, 11) is 0. The molecule has 1 N–H and O–H groups in total. The Morgan fingerprint density at radius 1 is 1.70 bits per heavy atom. The fourth-order valence-electron chi connectivity index (χ4n) is 1.14. The summed E-state index contributed by atoms with van der Waals surface area (Å²) in [4.78, 5) is 0. The third-order valence-corrected chi connectivity index (χ3v) is 2.33. The standard InChI is InChI=1S/C9H17N/c1-5-7(2)10-8-6-9(8,3)4/h5,7-8,10H,1,6H2,2-4H3. The van der Waals surface area contributed by atoms with Crippen LogP contribution < -0.4 is 5.32 Å². The molecule has 0 radical (unpaired) electrons. The second-order valence-corrected chi connectivity index (χ2v) is 3.94. The van der Waals surface area contributed by atoms with Gasteiger partial charge in [-0.1, -0.05) is 19.9 Å². The zero-order chi connectivity index (χ0) is 7.78. The third kappa shape index (κ3) is 1.60. The van der Waals surface area contributed by atoms with E-state index in [4.69, 9.17) is 0 Å². The lowest BCUT2D eigenvalue weighted by Crippen LogP contribution is -2.28. The molecule has 58 valence electrons. The van der Waals surface area contributed by atoms with E-state index in [1.54, 1.807) is 0 Å². The first-order valence-electron chi connectivity index (χ1n) is 3.95. The van der Waals surface area contributed by atoms with Gasteiger partial charge in [-0.3, -0.25) is 0 Å². The van der Waals surface area contributed by atoms with Gasteiger partial charge in [0.25, 0.3) is 0 Å². The Kier molecular flexibility index (Phi) is 1.86. The monoisotopic (exact) mass is 139 g/mol. The molecular formula is C9H17N. The molecule has 1 saturated carbocycles. The van der Waals surface area contributed by atoms with Gasteiger partial charge in [0.05, 0.1) is 0 Å². The van der Waals surface area contributed by atoms with Crippen LogP contribution in [-0.4, -0.2) is 12.1 Å². The minimum absolute atomic E-state index is 0.465. The molecule has 0 aromatic rings. The normalized spacial score (nSPS) is 31.3. The highest BCUT2D eigenvalue weighted by atomic mass is 15.0. The quantitative estimate of drug-likeness (QED) is 0.589. The Labute approximate surface area is 63.5 Å². The van der Waals surface area contributed by atoms with Crippen molar-refractivity contribution in [2.45, 2.75) is 39.3 Å². The molecular weight excluding hydrogens is 122 g/mol. The molecule has 0 saturated heterocycles. The average molecular weight is 139 g/mol. The summed E-state index contributed by atoms with van der Waals surface area (Å²) in [5.41, 5.74) is 0.539.